The zero-order valence-electron chi connectivity index (χ0n) is 27.7. The van der Waals surface area contributed by atoms with E-state index in [-0.39, 0.29) is 0 Å². The molecule has 236 valence electrons. The summed E-state index contributed by atoms with van der Waals surface area (Å²) < 4.78 is 6.61. The summed E-state index contributed by atoms with van der Waals surface area (Å²) in [6.45, 7) is 0. The van der Waals surface area contributed by atoms with E-state index < -0.39 is 0 Å². The lowest BCUT2D eigenvalue weighted by Crippen LogP contribution is -1.97. The van der Waals surface area contributed by atoms with Crippen LogP contribution in [-0.2, 0) is 0 Å². The van der Waals surface area contributed by atoms with Crippen LogP contribution in [0.25, 0.3) is 98.7 Å². The molecule has 0 saturated heterocycles. The fraction of sp³-hybridized carbons (Fsp3) is 0. The lowest BCUT2D eigenvalue weighted by atomic mass is 9.86. The van der Waals surface area contributed by atoms with Gasteiger partial charge in [-0.1, -0.05) is 146 Å². The Hall–Kier alpha value is -6.70. The number of rotatable bonds is 4. The molecule has 11 rings (SSSR count). The van der Waals surface area contributed by atoms with Gasteiger partial charge in [0.25, 0.3) is 0 Å². The maximum atomic E-state index is 6.61. The summed E-state index contributed by atoms with van der Waals surface area (Å²) in [6.07, 6.45) is 0. The first kappa shape index (κ1) is 28.2. The average Bonchev–Trinajstić information content (AvgIpc) is 3.20. The second-order valence-electron chi connectivity index (χ2n) is 13.7. The van der Waals surface area contributed by atoms with E-state index >= 15 is 0 Å². The topological polar surface area (TPSA) is 9.23 Å². The third-order valence-corrected chi connectivity index (χ3v) is 10.8. The second kappa shape index (κ2) is 10.9. The van der Waals surface area contributed by atoms with Gasteiger partial charge < -0.3 is 4.74 Å². The number of hydrogen-bond donors (Lipinski definition) is 0. The van der Waals surface area contributed by atoms with E-state index in [2.05, 4.69) is 176 Å². The molecule has 0 aliphatic carbocycles. The maximum Gasteiger partial charge on any atom is 0.136 e. The van der Waals surface area contributed by atoms with Crippen molar-refractivity contribution in [2.45, 2.75) is 0 Å². The molecule has 0 atom stereocenters. The van der Waals surface area contributed by atoms with E-state index in [4.69, 9.17) is 4.74 Å². The van der Waals surface area contributed by atoms with Crippen molar-refractivity contribution in [1.82, 2.24) is 0 Å². The largest absolute Gasteiger partial charge is 0.456 e. The summed E-state index contributed by atoms with van der Waals surface area (Å²) in [4.78, 5) is 0. The van der Waals surface area contributed by atoms with Gasteiger partial charge in [0, 0.05) is 10.9 Å². The van der Waals surface area contributed by atoms with Crippen molar-refractivity contribution in [1.29, 1.82) is 0 Å². The molecule has 0 radical (unpaired) electrons. The van der Waals surface area contributed by atoms with Crippen molar-refractivity contribution < 1.29 is 4.74 Å². The summed E-state index contributed by atoms with van der Waals surface area (Å²) in [5.41, 5.74) is 12.0. The molecule has 0 fully saturated rings. The molecular weight excluding hydrogens is 617 g/mol. The van der Waals surface area contributed by atoms with E-state index in [1.54, 1.807) is 0 Å². The van der Waals surface area contributed by atoms with Gasteiger partial charge in [0.2, 0.25) is 0 Å². The van der Waals surface area contributed by atoms with Crippen molar-refractivity contribution in [3.05, 3.63) is 182 Å². The summed E-state index contributed by atoms with van der Waals surface area (Å²) >= 11 is 0. The molecule has 1 heteroatoms. The third kappa shape index (κ3) is 4.35. The highest BCUT2D eigenvalue weighted by atomic mass is 16.5. The van der Waals surface area contributed by atoms with E-state index in [1.807, 2.05) is 6.07 Å². The van der Waals surface area contributed by atoms with Gasteiger partial charge in [0.1, 0.15) is 11.5 Å². The van der Waals surface area contributed by atoms with Crippen LogP contribution in [0.1, 0.15) is 0 Å². The molecule has 0 N–H and O–H groups in total. The molecule has 0 saturated carbocycles. The fourth-order valence-corrected chi connectivity index (χ4v) is 8.43. The molecule has 1 aliphatic heterocycles. The first-order valence-electron chi connectivity index (χ1n) is 17.6. The predicted octanol–water partition coefficient (Wildman–Crippen LogP) is 14.2. The summed E-state index contributed by atoms with van der Waals surface area (Å²) in [5.74, 6) is 1.80. The Morgan fingerprint density at radius 2 is 0.804 bits per heavy atom. The van der Waals surface area contributed by atoms with Crippen molar-refractivity contribution >= 4 is 43.1 Å². The zero-order chi connectivity index (χ0) is 33.5. The van der Waals surface area contributed by atoms with Crippen molar-refractivity contribution in [3.63, 3.8) is 0 Å². The molecule has 0 amide bonds. The van der Waals surface area contributed by atoms with E-state index in [1.165, 1.54) is 82.0 Å². The van der Waals surface area contributed by atoms with Gasteiger partial charge >= 0.3 is 0 Å². The van der Waals surface area contributed by atoms with E-state index in [0.29, 0.717) is 0 Å². The van der Waals surface area contributed by atoms with Gasteiger partial charge in [-0.25, -0.2) is 0 Å². The first-order valence-corrected chi connectivity index (χ1v) is 17.6. The van der Waals surface area contributed by atoms with Gasteiger partial charge in [-0.2, -0.15) is 0 Å². The molecule has 0 unspecified atom stereocenters. The van der Waals surface area contributed by atoms with Crippen molar-refractivity contribution in [3.8, 4) is 67.1 Å². The van der Waals surface area contributed by atoms with Crippen LogP contribution in [0.2, 0.25) is 0 Å². The smallest absolute Gasteiger partial charge is 0.136 e. The standard InChI is InChI=1S/C50H30O/c1-3-10-31(11-4-1)36-27-37(38-26-35-14-9-16-43-42-15-7-8-17-46(42)51-47(30-38)48(35)43)29-39(28-36)41-23-19-34-20-24-44-40(32-12-5-2-6-13-32)22-18-33-21-25-45(41)50(34)49(33)44/h1-30H. The molecule has 1 aliphatic rings. The lowest BCUT2D eigenvalue weighted by molar-refractivity contribution is 0.487. The Labute approximate surface area is 296 Å². The quantitative estimate of drug-likeness (QED) is 0.173. The molecule has 1 heterocycles. The highest BCUT2D eigenvalue weighted by Gasteiger charge is 2.21. The molecule has 51 heavy (non-hydrogen) atoms. The molecule has 0 bridgehead atoms. The average molecular weight is 647 g/mol. The van der Waals surface area contributed by atoms with Crippen LogP contribution in [0.15, 0.2) is 182 Å². The molecule has 0 aromatic heterocycles. The number of fused-ring (bicyclic) bond motifs is 2. The van der Waals surface area contributed by atoms with Gasteiger partial charge in [-0.05, 0) is 124 Å². The van der Waals surface area contributed by atoms with Gasteiger partial charge in [0.05, 0.1) is 0 Å². The minimum atomic E-state index is 0.900. The highest BCUT2D eigenvalue weighted by Crippen LogP contribution is 2.49. The minimum absolute atomic E-state index is 0.900. The van der Waals surface area contributed by atoms with Crippen molar-refractivity contribution in [2.24, 2.45) is 0 Å². The summed E-state index contributed by atoms with van der Waals surface area (Å²) in [5, 5.41) is 10.1. The van der Waals surface area contributed by atoms with E-state index in [0.717, 1.165) is 28.2 Å². The SMILES string of the molecule is c1ccc(-c2cc(-c3cc4c5c(cccc5c3)-c3ccccc3O4)cc(-c3ccc4ccc5c(-c6ccccc6)ccc6ccc3c4c65)c2)cc1. The van der Waals surface area contributed by atoms with Gasteiger partial charge in [-0.3, -0.25) is 0 Å². The van der Waals surface area contributed by atoms with Crippen LogP contribution in [0, 0.1) is 0 Å². The zero-order valence-corrected chi connectivity index (χ0v) is 27.7. The van der Waals surface area contributed by atoms with Gasteiger partial charge in [-0.15, -0.1) is 0 Å². The van der Waals surface area contributed by atoms with Crippen molar-refractivity contribution in [2.75, 3.05) is 0 Å². The van der Waals surface area contributed by atoms with Crippen LogP contribution in [0.3, 0.4) is 0 Å². The summed E-state index contributed by atoms with van der Waals surface area (Å²) in [6, 6.07) is 66.4. The first-order chi connectivity index (χ1) is 25.3. The molecular formula is C50H30O. The number of para-hydroxylation sites is 1. The van der Waals surface area contributed by atoms with E-state index in [9.17, 15) is 0 Å². The van der Waals surface area contributed by atoms with Crippen LogP contribution in [-0.4, -0.2) is 0 Å². The molecule has 10 aromatic rings. The Kier molecular flexibility index (Phi) is 6.02. The number of hydrogen-bond acceptors (Lipinski definition) is 1. The number of ether oxygens (including phenoxy) is 1. The Balaban J connectivity index is 1.15. The molecule has 1 nitrogen and oxygen atoms in total. The van der Waals surface area contributed by atoms with Crippen LogP contribution in [0.5, 0.6) is 11.5 Å². The molecule has 10 aromatic carbocycles. The third-order valence-electron chi connectivity index (χ3n) is 10.8. The summed E-state index contributed by atoms with van der Waals surface area (Å²) in [7, 11) is 0. The monoisotopic (exact) mass is 646 g/mol. The Morgan fingerprint density at radius 3 is 1.53 bits per heavy atom. The Bertz CT molecular complexity index is 2970. The van der Waals surface area contributed by atoms with Crippen LogP contribution in [0.4, 0.5) is 0 Å². The van der Waals surface area contributed by atoms with Gasteiger partial charge in [0.15, 0.2) is 0 Å². The second-order valence-corrected chi connectivity index (χ2v) is 13.7. The maximum absolute atomic E-state index is 6.61. The number of benzene rings is 10. The normalized spacial score (nSPS) is 12.1. The van der Waals surface area contributed by atoms with Crippen LogP contribution < -0.4 is 4.74 Å². The minimum Gasteiger partial charge on any atom is -0.456 e. The fourth-order valence-electron chi connectivity index (χ4n) is 8.43. The molecule has 0 spiro atoms. The lowest BCUT2D eigenvalue weighted by Gasteiger charge is -2.22. The Morgan fingerprint density at radius 1 is 0.255 bits per heavy atom. The van der Waals surface area contributed by atoms with Crippen LogP contribution >= 0.6 is 0 Å². The highest BCUT2D eigenvalue weighted by molar-refractivity contribution is 6.27. The predicted molar refractivity (Wildman–Crippen MR) is 215 cm³/mol.